The van der Waals surface area contributed by atoms with Crippen molar-refractivity contribution in [1.29, 1.82) is 0 Å². The number of carbonyl (C=O) groups excluding carboxylic acids is 1. The van der Waals surface area contributed by atoms with Crippen molar-refractivity contribution in [2.24, 2.45) is 0 Å². The fraction of sp³-hybridized carbons (Fsp3) is 0.900. The summed E-state index contributed by atoms with van der Waals surface area (Å²) in [4.78, 5) is 11.7. The van der Waals surface area contributed by atoms with Gasteiger partial charge >= 0.3 is 0 Å². The van der Waals surface area contributed by atoms with Crippen LogP contribution in [0, 0.1) is 0 Å². The summed E-state index contributed by atoms with van der Waals surface area (Å²) in [6.45, 7) is 3.06. The molecule has 0 spiro atoms. The van der Waals surface area contributed by atoms with Gasteiger partial charge < -0.3 is 10.6 Å². The van der Waals surface area contributed by atoms with Crippen molar-refractivity contribution in [2.45, 2.75) is 44.6 Å². The summed E-state index contributed by atoms with van der Waals surface area (Å²) in [6, 6.07) is 0. The second kappa shape index (κ2) is 4.61. The van der Waals surface area contributed by atoms with Crippen LogP contribution in [0.15, 0.2) is 0 Å². The van der Waals surface area contributed by atoms with Crippen LogP contribution in [0.4, 0.5) is 0 Å². The second-order valence-electron chi connectivity index (χ2n) is 3.80. The highest BCUT2D eigenvalue weighted by Gasteiger charge is 2.39. The Hall–Kier alpha value is -0.570. The van der Waals surface area contributed by atoms with Gasteiger partial charge in [0.2, 0.25) is 5.91 Å². The Labute approximate surface area is 80.3 Å². The lowest BCUT2D eigenvalue weighted by atomic mass is 9.96. The van der Waals surface area contributed by atoms with Crippen LogP contribution in [-0.4, -0.2) is 25.0 Å². The van der Waals surface area contributed by atoms with Crippen molar-refractivity contribution >= 4 is 5.91 Å². The fourth-order valence-electron chi connectivity index (χ4n) is 2.07. The summed E-state index contributed by atoms with van der Waals surface area (Å²) in [6.07, 6.45) is 5.41. The molecule has 0 bridgehead atoms. The van der Waals surface area contributed by atoms with Crippen LogP contribution in [0.5, 0.6) is 0 Å². The summed E-state index contributed by atoms with van der Waals surface area (Å²) in [5, 5.41) is 6.14. The molecule has 1 rings (SSSR count). The van der Waals surface area contributed by atoms with Gasteiger partial charge in [-0.1, -0.05) is 19.8 Å². The Kier molecular flexibility index (Phi) is 3.72. The van der Waals surface area contributed by atoms with E-state index in [1.165, 1.54) is 12.8 Å². The van der Waals surface area contributed by atoms with Crippen molar-refractivity contribution in [3.05, 3.63) is 0 Å². The molecular weight excluding hydrogens is 164 g/mol. The topological polar surface area (TPSA) is 41.1 Å². The first-order chi connectivity index (χ1) is 6.25. The van der Waals surface area contributed by atoms with E-state index in [1.54, 1.807) is 7.05 Å². The first-order valence-corrected chi connectivity index (χ1v) is 5.22. The molecule has 1 aliphatic carbocycles. The first-order valence-electron chi connectivity index (χ1n) is 5.22. The predicted molar refractivity (Wildman–Crippen MR) is 53.6 cm³/mol. The lowest BCUT2D eigenvalue weighted by molar-refractivity contribution is -0.127. The first kappa shape index (κ1) is 10.5. The van der Waals surface area contributed by atoms with E-state index in [9.17, 15) is 4.79 Å². The normalized spacial score (nSPS) is 20.2. The molecule has 0 unspecified atom stereocenters. The number of carbonyl (C=O) groups is 1. The molecule has 1 amide bonds. The Balaban J connectivity index is 2.57. The molecule has 3 heteroatoms. The Bertz CT molecular complexity index is 174. The number of hydrogen-bond donors (Lipinski definition) is 2. The number of hydrogen-bond acceptors (Lipinski definition) is 2. The van der Waals surface area contributed by atoms with E-state index in [2.05, 4.69) is 17.6 Å². The molecule has 0 saturated heterocycles. The summed E-state index contributed by atoms with van der Waals surface area (Å²) >= 11 is 0. The van der Waals surface area contributed by atoms with Crippen molar-refractivity contribution in [3.8, 4) is 0 Å². The van der Waals surface area contributed by atoms with Gasteiger partial charge in [-0.25, -0.2) is 0 Å². The molecular formula is C10H20N2O. The number of likely N-dealkylation sites (N-methyl/N-ethyl adjacent to an activating group) is 1. The smallest absolute Gasteiger partial charge is 0.240 e. The van der Waals surface area contributed by atoms with E-state index in [1.807, 2.05) is 0 Å². The SMILES string of the molecule is CCCNC1(C(=O)NC)CCCC1. The Morgan fingerprint density at radius 1 is 1.38 bits per heavy atom. The molecule has 0 aromatic heterocycles. The third-order valence-electron chi connectivity index (χ3n) is 2.83. The lowest BCUT2D eigenvalue weighted by Crippen LogP contribution is -2.54. The molecule has 1 fully saturated rings. The zero-order chi connectivity index (χ0) is 9.73. The maximum Gasteiger partial charge on any atom is 0.240 e. The summed E-state index contributed by atoms with van der Waals surface area (Å²) in [5.74, 6) is 0.165. The molecule has 1 aliphatic rings. The second-order valence-corrected chi connectivity index (χ2v) is 3.80. The van der Waals surface area contributed by atoms with Crippen LogP contribution in [0.1, 0.15) is 39.0 Å². The minimum Gasteiger partial charge on any atom is -0.358 e. The summed E-state index contributed by atoms with van der Waals surface area (Å²) in [5.41, 5.74) is -0.245. The van der Waals surface area contributed by atoms with Crippen LogP contribution in [-0.2, 0) is 4.79 Å². The molecule has 0 heterocycles. The van der Waals surface area contributed by atoms with Crippen molar-refractivity contribution in [1.82, 2.24) is 10.6 Å². The minimum atomic E-state index is -0.245. The van der Waals surface area contributed by atoms with E-state index in [0.717, 1.165) is 25.8 Å². The zero-order valence-corrected chi connectivity index (χ0v) is 8.65. The van der Waals surface area contributed by atoms with Crippen LogP contribution in [0.2, 0.25) is 0 Å². The van der Waals surface area contributed by atoms with E-state index < -0.39 is 0 Å². The van der Waals surface area contributed by atoms with Crippen molar-refractivity contribution in [2.75, 3.05) is 13.6 Å². The van der Waals surface area contributed by atoms with Gasteiger partial charge in [0, 0.05) is 7.05 Å². The number of rotatable bonds is 4. The molecule has 2 N–H and O–H groups in total. The standard InChI is InChI=1S/C10H20N2O/c1-3-8-12-10(9(13)11-2)6-4-5-7-10/h12H,3-8H2,1-2H3,(H,11,13). The van der Waals surface area contributed by atoms with Gasteiger partial charge in [0.05, 0.1) is 5.54 Å². The highest BCUT2D eigenvalue weighted by atomic mass is 16.2. The van der Waals surface area contributed by atoms with Crippen LogP contribution in [0.3, 0.4) is 0 Å². The molecule has 0 aliphatic heterocycles. The molecule has 0 aromatic rings. The predicted octanol–water partition coefficient (Wildman–Crippen LogP) is 1.04. The van der Waals surface area contributed by atoms with E-state index >= 15 is 0 Å². The van der Waals surface area contributed by atoms with E-state index in [-0.39, 0.29) is 11.4 Å². The van der Waals surface area contributed by atoms with Crippen LogP contribution >= 0.6 is 0 Å². The quantitative estimate of drug-likeness (QED) is 0.685. The molecule has 13 heavy (non-hydrogen) atoms. The van der Waals surface area contributed by atoms with Crippen molar-refractivity contribution < 1.29 is 4.79 Å². The third-order valence-corrected chi connectivity index (χ3v) is 2.83. The summed E-state index contributed by atoms with van der Waals surface area (Å²) in [7, 11) is 1.72. The highest BCUT2D eigenvalue weighted by Crippen LogP contribution is 2.29. The van der Waals surface area contributed by atoms with E-state index in [0.29, 0.717) is 0 Å². The molecule has 0 atom stereocenters. The third kappa shape index (κ3) is 2.21. The highest BCUT2D eigenvalue weighted by molar-refractivity contribution is 5.86. The van der Waals surface area contributed by atoms with Crippen molar-refractivity contribution in [3.63, 3.8) is 0 Å². The van der Waals surface area contributed by atoms with Gasteiger partial charge in [-0.2, -0.15) is 0 Å². The van der Waals surface area contributed by atoms with Gasteiger partial charge in [-0.05, 0) is 25.8 Å². The Morgan fingerprint density at radius 2 is 2.00 bits per heavy atom. The van der Waals surface area contributed by atoms with E-state index in [4.69, 9.17) is 0 Å². The lowest BCUT2D eigenvalue weighted by Gasteiger charge is -2.28. The van der Waals surface area contributed by atoms with Crippen LogP contribution in [0.25, 0.3) is 0 Å². The maximum atomic E-state index is 11.7. The van der Waals surface area contributed by atoms with Gasteiger partial charge in [0.1, 0.15) is 0 Å². The number of nitrogens with one attached hydrogen (secondary N) is 2. The minimum absolute atomic E-state index is 0.165. The number of amides is 1. The Morgan fingerprint density at radius 3 is 2.46 bits per heavy atom. The monoisotopic (exact) mass is 184 g/mol. The molecule has 76 valence electrons. The van der Waals surface area contributed by atoms with Gasteiger partial charge in [-0.3, -0.25) is 4.79 Å². The van der Waals surface area contributed by atoms with Gasteiger partial charge in [0.25, 0.3) is 0 Å². The molecule has 0 radical (unpaired) electrons. The average molecular weight is 184 g/mol. The molecule has 3 nitrogen and oxygen atoms in total. The average Bonchev–Trinajstić information content (AvgIpc) is 2.63. The maximum absolute atomic E-state index is 11.7. The van der Waals surface area contributed by atoms with Gasteiger partial charge in [-0.15, -0.1) is 0 Å². The van der Waals surface area contributed by atoms with Gasteiger partial charge in [0.15, 0.2) is 0 Å². The summed E-state index contributed by atoms with van der Waals surface area (Å²) < 4.78 is 0. The zero-order valence-electron chi connectivity index (χ0n) is 8.65. The molecule has 1 saturated carbocycles. The fourth-order valence-corrected chi connectivity index (χ4v) is 2.07. The largest absolute Gasteiger partial charge is 0.358 e. The molecule has 0 aromatic carbocycles. The van der Waals surface area contributed by atoms with Crippen LogP contribution < -0.4 is 10.6 Å².